The molecule has 7 heterocycles. The number of fused-ring (bicyclic) bond motifs is 11. The van der Waals surface area contributed by atoms with Crippen LogP contribution in [0.3, 0.4) is 0 Å². The summed E-state index contributed by atoms with van der Waals surface area (Å²) in [5.74, 6) is 8.62. The molecule has 0 atom stereocenters. The Morgan fingerprint density at radius 1 is 0.174 bits per heavy atom. The lowest BCUT2D eigenvalue weighted by atomic mass is 9.93. The predicted molar refractivity (Wildman–Crippen MR) is 466 cm³/mol. The van der Waals surface area contributed by atoms with Crippen molar-refractivity contribution in [2.45, 2.75) is 0 Å². The molecule has 4 aromatic heterocycles. The van der Waals surface area contributed by atoms with Crippen LogP contribution in [-0.4, -0.2) is 38.2 Å². The predicted octanol–water partition coefficient (Wildman–Crippen LogP) is 27.0. The van der Waals surface area contributed by atoms with Gasteiger partial charge in [0.15, 0.2) is 34.5 Å². The van der Waals surface area contributed by atoms with Crippen molar-refractivity contribution in [3.8, 4) is 136 Å². The van der Waals surface area contributed by atoms with Crippen LogP contribution in [0.1, 0.15) is 0 Å². The Kier molecular flexibility index (Phi) is 15.0. The minimum atomic E-state index is 0.822. The van der Waals surface area contributed by atoms with E-state index in [0.717, 1.165) is 158 Å². The normalized spacial score (nSPS) is 12.0. The van der Waals surface area contributed by atoms with E-state index in [4.69, 9.17) is 34.1 Å². The monoisotopic (exact) mass is 1470 g/mol. The van der Waals surface area contributed by atoms with Gasteiger partial charge >= 0.3 is 0 Å². The highest BCUT2D eigenvalue weighted by molar-refractivity contribution is 5.99. The summed E-state index contributed by atoms with van der Waals surface area (Å²) in [6.45, 7) is 0. The molecule has 0 unspecified atom stereocenters. The molecule has 0 saturated heterocycles. The SMILES string of the molecule is c1ccc(-n2c(-c3ccc(-c4nc5cccc6c5n4-c4ccccc4O6)cc3)nc3ccccc32)cc1.c1ccc2c(c1)Oc1cccc3nc(-c4cc(-c5ccc6ccccc6c5)cc(-c5ccc6ccccc6c5)c4)n-2c13.c1ccc2c(c1)Oc1cccc3nc(-c4ccc5cc(-c6ccc7ccccc7c6)ccc5c4)n-2c13. The van der Waals surface area contributed by atoms with Crippen molar-refractivity contribution in [3.05, 3.63) is 388 Å². The molecule has 115 heavy (non-hydrogen) atoms. The fourth-order valence-electron chi connectivity index (χ4n) is 16.9. The van der Waals surface area contributed by atoms with Crippen LogP contribution in [0.25, 0.3) is 189 Å². The van der Waals surface area contributed by atoms with Gasteiger partial charge in [-0.1, -0.05) is 243 Å². The highest BCUT2D eigenvalue weighted by Gasteiger charge is 2.29. The summed E-state index contributed by atoms with van der Waals surface area (Å²) in [5.41, 5.74) is 23.2. The van der Waals surface area contributed by atoms with Crippen LogP contribution in [0, 0.1) is 0 Å². The molecule has 11 nitrogen and oxygen atoms in total. The van der Waals surface area contributed by atoms with Crippen molar-refractivity contribution < 1.29 is 14.2 Å². The third kappa shape index (κ3) is 11.1. The Hall–Kier alpha value is -15.7. The quantitative estimate of drug-likeness (QED) is 0.149. The molecule has 3 aliphatic rings. The van der Waals surface area contributed by atoms with Crippen LogP contribution in [0.15, 0.2) is 388 Å². The van der Waals surface area contributed by atoms with Gasteiger partial charge in [0.05, 0.1) is 44.6 Å². The molecule has 22 aromatic rings. The molecule has 11 heteroatoms. The van der Waals surface area contributed by atoms with Crippen LogP contribution in [0.5, 0.6) is 34.5 Å². The number of rotatable bonds is 8. The minimum absolute atomic E-state index is 0.822. The molecule has 0 N–H and O–H groups in total. The number of aromatic nitrogens is 8. The third-order valence-corrected chi connectivity index (χ3v) is 22.4. The first-order valence-electron chi connectivity index (χ1n) is 38.6. The van der Waals surface area contributed by atoms with Crippen molar-refractivity contribution in [1.82, 2.24) is 38.2 Å². The second-order valence-electron chi connectivity index (χ2n) is 29.3. The van der Waals surface area contributed by atoms with E-state index >= 15 is 0 Å². The zero-order valence-corrected chi connectivity index (χ0v) is 61.8. The van der Waals surface area contributed by atoms with Gasteiger partial charge in [-0.2, -0.15) is 0 Å². The first-order valence-corrected chi connectivity index (χ1v) is 38.6. The largest absolute Gasteiger partial charge is 0.453 e. The maximum absolute atomic E-state index is 6.31. The Morgan fingerprint density at radius 3 is 0.913 bits per heavy atom. The van der Waals surface area contributed by atoms with Crippen molar-refractivity contribution in [2.75, 3.05) is 0 Å². The average Bonchev–Trinajstić information content (AvgIpc) is 1.61. The lowest BCUT2D eigenvalue weighted by Crippen LogP contribution is -2.05. The van der Waals surface area contributed by atoms with Gasteiger partial charge in [-0.25, -0.2) is 19.9 Å². The molecule has 0 bridgehead atoms. The van der Waals surface area contributed by atoms with Crippen LogP contribution in [0.4, 0.5) is 0 Å². The molecule has 0 fully saturated rings. The Morgan fingerprint density at radius 2 is 0.461 bits per heavy atom. The lowest BCUT2D eigenvalue weighted by Gasteiger charge is -2.21. The molecule has 0 spiro atoms. The molecular weight excluding hydrogens is 1410 g/mol. The minimum Gasteiger partial charge on any atom is -0.453 e. The molecular formula is C104H64N8O3. The Bertz CT molecular complexity index is 7620. The molecule has 0 aliphatic carbocycles. The molecule has 3 aliphatic heterocycles. The Balaban J connectivity index is 0.000000102. The van der Waals surface area contributed by atoms with Crippen LogP contribution in [-0.2, 0) is 0 Å². The smallest absolute Gasteiger partial charge is 0.153 e. The van der Waals surface area contributed by atoms with Crippen molar-refractivity contribution in [1.29, 1.82) is 0 Å². The highest BCUT2D eigenvalue weighted by Crippen LogP contribution is 2.49. The summed E-state index contributed by atoms with van der Waals surface area (Å²) in [5, 5.41) is 9.85. The van der Waals surface area contributed by atoms with Gasteiger partial charge in [0.1, 0.15) is 39.8 Å². The first-order chi connectivity index (χ1) is 56.9. The molecule has 0 radical (unpaired) electrons. The average molecular weight is 1470 g/mol. The van der Waals surface area contributed by atoms with Crippen molar-refractivity contribution >= 4 is 87.2 Å². The molecule has 0 saturated carbocycles. The van der Waals surface area contributed by atoms with E-state index in [9.17, 15) is 0 Å². The van der Waals surface area contributed by atoms with Gasteiger partial charge in [0, 0.05) is 27.9 Å². The standard InChI is InChI=1S/C39H24N2O.C33H20N2O.C32H20N4O/c1-3-10-27-20-29(18-16-25(27)8-1)31-22-32(30-19-17-26-9-2-4-11-28(26)21-30)24-33(23-31)39-40-34-12-7-15-37-38(34)41(39)35-13-5-6-14-36(35)42-37;1-2-7-22-18-23(13-12-21(22)6-1)24-14-15-26-20-27(17-16-25(26)19-24)33-34-28-8-5-11-31-32(28)35(33)29-9-3-4-10-30(29)36-31;1-2-9-23(10-3-1)35-26-13-5-4-11-24(26)33-31(35)21-17-19-22(20-18-21)32-34-25-12-8-16-29-30(25)36(32)27-14-6-7-15-28(27)37-29/h1-24H;1-20H;1-20H. The molecule has 0 amide bonds. The zero-order chi connectivity index (χ0) is 75.6. The fourth-order valence-corrected chi connectivity index (χ4v) is 16.9. The van der Waals surface area contributed by atoms with E-state index in [1.807, 2.05) is 109 Å². The van der Waals surface area contributed by atoms with E-state index in [-0.39, 0.29) is 0 Å². The first kappa shape index (κ1) is 65.2. The number of hydrogen-bond acceptors (Lipinski definition) is 7. The van der Waals surface area contributed by atoms with E-state index in [1.54, 1.807) is 0 Å². The maximum Gasteiger partial charge on any atom is 0.153 e. The Labute approximate surface area is 660 Å². The van der Waals surface area contributed by atoms with Crippen LogP contribution >= 0.6 is 0 Å². The second-order valence-corrected chi connectivity index (χ2v) is 29.3. The summed E-state index contributed by atoms with van der Waals surface area (Å²) in [7, 11) is 0. The zero-order valence-electron chi connectivity index (χ0n) is 61.8. The van der Waals surface area contributed by atoms with E-state index in [2.05, 4.69) is 297 Å². The molecule has 25 rings (SSSR count). The van der Waals surface area contributed by atoms with Crippen molar-refractivity contribution in [3.63, 3.8) is 0 Å². The summed E-state index contributed by atoms with van der Waals surface area (Å²) >= 11 is 0. The number of imidazole rings is 4. The second kappa shape index (κ2) is 26.5. The third-order valence-electron chi connectivity index (χ3n) is 22.4. The van der Waals surface area contributed by atoms with Gasteiger partial charge in [-0.05, 0) is 222 Å². The fraction of sp³-hybridized carbons (Fsp3) is 0. The van der Waals surface area contributed by atoms with Gasteiger partial charge in [0.25, 0.3) is 0 Å². The van der Waals surface area contributed by atoms with E-state index in [0.29, 0.717) is 0 Å². The maximum atomic E-state index is 6.31. The molecule has 538 valence electrons. The summed E-state index contributed by atoms with van der Waals surface area (Å²) in [6, 6.07) is 136. The highest BCUT2D eigenvalue weighted by atomic mass is 16.5. The number of ether oxygens (including phenoxy) is 3. The van der Waals surface area contributed by atoms with E-state index in [1.165, 1.54) is 65.3 Å². The van der Waals surface area contributed by atoms with Crippen molar-refractivity contribution in [2.24, 2.45) is 0 Å². The van der Waals surface area contributed by atoms with Crippen LogP contribution in [0.2, 0.25) is 0 Å². The van der Waals surface area contributed by atoms with Gasteiger partial charge in [-0.3, -0.25) is 18.3 Å². The number of hydrogen-bond donors (Lipinski definition) is 0. The van der Waals surface area contributed by atoms with Gasteiger partial charge < -0.3 is 14.2 Å². The van der Waals surface area contributed by atoms with E-state index < -0.39 is 0 Å². The lowest BCUT2D eigenvalue weighted by molar-refractivity contribution is 0.475. The number of nitrogens with zero attached hydrogens (tertiary/aromatic N) is 8. The van der Waals surface area contributed by atoms with Gasteiger partial charge in [0.2, 0.25) is 0 Å². The number of benzene rings is 18. The van der Waals surface area contributed by atoms with Crippen LogP contribution < -0.4 is 14.2 Å². The van der Waals surface area contributed by atoms with Gasteiger partial charge in [-0.15, -0.1) is 0 Å². The summed E-state index contributed by atoms with van der Waals surface area (Å²) < 4.78 is 27.6. The molecule has 18 aromatic carbocycles. The summed E-state index contributed by atoms with van der Waals surface area (Å²) in [4.78, 5) is 20.3. The summed E-state index contributed by atoms with van der Waals surface area (Å²) in [6.07, 6.45) is 0. The number of para-hydroxylation sites is 12. The topological polar surface area (TPSA) is 99.0 Å².